The molecule has 0 saturated heterocycles. The Labute approximate surface area is 155 Å². The van der Waals surface area contributed by atoms with Gasteiger partial charge >= 0.3 is 5.97 Å². The number of nitriles is 1. The van der Waals surface area contributed by atoms with Crippen LogP contribution in [0.3, 0.4) is 0 Å². The summed E-state index contributed by atoms with van der Waals surface area (Å²) in [7, 11) is 0. The first-order chi connectivity index (χ1) is 12.7. The van der Waals surface area contributed by atoms with Crippen molar-refractivity contribution in [1.82, 2.24) is 4.40 Å². The first kappa shape index (κ1) is 17.8. The van der Waals surface area contributed by atoms with E-state index in [0.29, 0.717) is 27.2 Å². The Bertz CT molecular complexity index is 1000. The molecule has 130 valence electrons. The number of aromatic nitrogens is 1. The lowest BCUT2D eigenvalue weighted by Gasteiger charge is -2.05. The molecule has 0 aliphatic rings. The van der Waals surface area contributed by atoms with E-state index in [0.717, 1.165) is 0 Å². The summed E-state index contributed by atoms with van der Waals surface area (Å²) >= 11 is 1.19. The van der Waals surface area contributed by atoms with Crippen LogP contribution in [0.1, 0.15) is 33.3 Å². The lowest BCUT2D eigenvalue weighted by Crippen LogP contribution is -2.07. The highest BCUT2D eigenvalue weighted by Gasteiger charge is 2.25. The smallest absolute Gasteiger partial charge is 0.341 e. The van der Waals surface area contributed by atoms with Crippen molar-refractivity contribution in [3.63, 3.8) is 0 Å². The molecule has 0 atom stereocenters. The summed E-state index contributed by atoms with van der Waals surface area (Å²) in [6.07, 6.45) is 1.72. The van der Waals surface area contributed by atoms with Crippen LogP contribution in [0.15, 0.2) is 59.6 Å². The number of hydrogen-bond acceptors (Lipinski definition) is 5. The zero-order valence-corrected chi connectivity index (χ0v) is 15.0. The van der Waals surface area contributed by atoms with Gasteiger partial charge in [-0.25, -0.2) is 4.79 Å². The molecule has 0 saturated carbocycles. The second-order valence-corrected chi connectivity index (χ2v) is 6.40. The molecule has 0 unspecified atom stereocenters. The summed E-state index contributed by atoms with van der Waals surface area (Å²) in [4.78, 5) is 25.4. The third-order valence-corrected chi connectivity index (χ3v) is 4.92. The first-order valence-electron chi connectivity index (χ1n) is 8.08. The number of Topliss-reactive ketones (excluding diaryl/α,β-unsaturated/α-hetero) is 1. The third kappa shape index (κ3) is 3.35. The largest absolute Gasteiger partial charge is 0.462 e. The Balaban J connectivity index is 2.01. The summed E-state index contributed by atoms with van der Waals surface area (Å²) in [6, 6.07) is 16.4. The monoisotopic (exact) mass is 364 g/mol. The van der Waals surface area contributed by atoms with E-state index in [2.05, 4.69) is 6.07 Å². The standard InChI is InChI=1S/C20H16N2O3S/c1-2-25-20(24)18-15-10-6-7-11-22(15)16(12-21)19(18)26-13-17(23)14-8-4-3-5-9-14/h3-11H,2,13H2,1H3. The van der Waals surface area contributed by atoms with E-state index < -0.39 is 5.97 Å². The molecule has 0 aliphatic heterocycles. The molecule has 0 spiro atoms. The molecule has 1 aromatic carbocycles. The van der Waals surface area contributed by atoms with Crippen molar-refractivity contribution in [2.45, 2.75) is 11.8 Å². The van der Waals surface area contributed by atoms with Gasteiger partial charge in [-0.05, 0) is 19.1 Å². The fourth-order valence-corrected chi connectivity index (χ4v) is 3.73. The molecule has 0 aliphatic carbocycles. The van der Waals surface area contributed by atoms with Crippen molar-refractivity contribution >= 4 is 29.0 Å². The van der Waals surface area contributed by atoms with Crippen molar-refractivity contribution in [1.29, 1.82) is 5.26 Å². The van der Waals surface area contributed by atoms with E-state index >= 15 is 0 Å². The fraction of sp³-hybridized carbons (Fsp3) is 0.150. The number of ether oxygens (including phenoxy) is 1. The van der Waals surface area contributed by atoms with Crippen molar-refractivity contribution in [3.8, 4) is 6.07 Å². The van der Waals surface area contributed by atoms with Gasteiger partial charge in [-0.15, -0.1) is 11.8 Å². The molecule has 6 heteroatoms. The van der Waals surface area contributed by atoms with Gasteiger partial charge in [0.25, 0.3) is 0 Å². The minimum Gasteiger partial charge on any atom is -0.462 e. The number of pyridine rings is 1. The average molecular weight is 364 g/mol. The lowest BCUT2D eigenvalue weighted by atomic mass is 10.2. The normalized spacial score (nSPS) is 10.5. The van der Waals surface area contributed by atoms with Crippen molar-refractivity contribution in [2.75, 3.05) is 12.4 Å². The number of rotatable bonds is 6. The van der Waals surface area contributed by atoms with Gasteiger partial charge in [-0.2, -0.15) is 5.26 Å². The number of hydrogen-bond donors (Lipinski definition) is 0. The Morgan fingerprint density at radius 2 is 1.88 bits per heavy atom. The number of esters is 1. The van der Waals surface area contributed by atoms with Crippen LogP contribution in [-0.4, -0.2) is 28.5 Å². The summed E-state index contributed by atoms with van der Waals surface area (Å²) in [5.41, 5.74) is 1.85. The molecular weight excluding hydrogens is 348 g/mol. The summed E-state index contributed by atoms with van der Waals surface area (Å²) in [5.74, 6) is -0.431. The molecule has 0 fully saturated rings. The maximum Gasteiger partial charge on any atom is 0.341 e. The Hall–Kier alpha value is -3.04. The van der Waals surface area contributed by atoms with E-state index in [9.17, 15) is 14.9 Å². The summed E-state index contributed by atoms with van der Waals surface area (Å²) in [5, 5.41) is 9.60. The van der Waals surface area contributed by atoms with Gasteiger partial charge < -0.3 is 9.14 Å². The Morgan fingerprint density at radius 1 is 1.15 bits per heavy atom. The molecule has 2 aromatic heterocycles. The van der Waals surface area contributed by atoms with Crippen LogP contribution in [0.4, 0.5) is 0 Å². The van der Waals surface area contributed by atoms with E-state index in [1.807, 2.05) is 6.07 Å². The molecule has 26 heavy (non-hydrogen) atoms. The second-order valence-electron chi connectivity index (χ2n) is 5.42. The fourth-order valence-electron chi connectivity index (χ4n) is 2.68. The van der Waals surface area contributed by atoms with E-state index in [-0.39, 0.29) is 18.1 Å². The number of ketones is 1. The lowest BCUT2D eigenvalue weighted by molar-refractivity contribution is 0.0525. The van der Waals surface area contributed by atoms with Crippen molar-refractivity contribution < 1.29 is 14.3 Å². The zero-order chi connectivity index (χ0) is 18.5. The van der Waals surface area contributed by atoms with Gasteiger partial charge in [0.1, 0.15) is 17.3 Å². The van der Waals surface area contributed by atoms with E-state index in [4.69, 9.17) is 4.74 Å². The average Bonchev–Trinajstić information content (AvgIpc) is 3.00. The van der Waals surface area contributed by atoms with Gasteiger partial charge in [0, 0.05) is 11.8 Å². The molecule has 2 heterocycles. The van der Waals surface area contributed by atoms with Crippen LogP contribution in [0.2, 0.25) is 0 Å². The second kappa shape index (κ2) is 7.89. The number of nitrogens with zero attached hydrogens (tertiary/aromatic N) is 2. The van der Waals surface area contributed by atoms with Crippen LogP contribution < -0.4 is 0 Å². The SMILES string of the molecule is CCOC(=O)c1c(SCC(=O)c2ccccc2)c(C#N)n2ccccc12. The molecule has 3 rings (SSSR count). The van der Waals surface area contributed by atoms with Gasteiger partial charge in [-0.1, -0.05) is 36.4 Å². The molecule has 0 amide bonds. The van der Waals surface area contributed by atoms with Crippen LogP contribution in [-0.2, 0) is 4.74 Å². The maximum absolute atomic E-state index is 12.5. The molecular formula is C20H16N2O3S. The van der Waals surface area contributed by atoms with E-state index in [1.54, 1.807) is 60.0 Å². The summed E-state index contributed by atoms with van der Waals surface area (Å²) in [6.45, 7) is 1.96. The Morgan fingerprint density at radius 3 is 2.58 bits per heavy atom. The van der Waals surface area contributed by atoms with Crippen LogP contribution in [0.25, 0.3) is 5.52 Å². The Kier molecular flexibility index (Phi) is 5.40. The summed E-state index contributed by atoms with van der Waals surface area (Å²) < 4.78 is 6.82. The minimum absolute atomic E-state index is 0.0652. The molecule has 3 aromatic rings. The molecule has 0 N–H and O–H groups in total. The van der Waals surface area contributed by atoms with Gasteiger partial charge in [-0.3, -0.25) is 4.79 Å². The number of carbonyl (C=O) groups is 2. The van der Waals surface area contributed by atoms with Gasteiger partial charge in [0.15, 0.2) is 5.78 Å². The number of fused-ring (bicyclic) bond motifs is 1. The topological polar surface area (TPSA) is 71.6 Å². The van der Waals surface area contributed by atoms with Crippen LogP contribution in [0, 0.1) is 11.3 Å². The number of thioether (sulfide) groups is 1. The highest BCUT2D eigenvalue weighted by Crippen LogP contribution is 2.33. The number of benzene rings is 1. The molecule has 5 nitrogen and oxygen atoms in total. The molecule has 0 bridgehead atoms. The number of carbonyl (C=O) groups excluding carboxylic acids is 2. The van der Waals surface area contributed by atoms with Gasteiger partial charge in [0.2, 0.25) is 0 Å². The predicted octanol–water partition coefficient (Wildman–Crippen LogP) is 3.96. The highest BCUT2D eigenvalue weighted by atomic mass is 32.2. The van der Waals surface area contributed by atoms with Crippen molar-refractivity contribution in [2.24, 2.45) is 0 Å². The van der Waals surface area contributed by atoms with Gasteiger partial charge in [0.05, 0.1) is 22.8 Å². The maximum atomic E-state index is 12.5. The van der Waals surface area contributed by atoms with E-state index in [1.165, 1.54) is 11.8 Å². The minimum atomic E-state index is -0.493. The van der Waals surface area contributed by atoms with Crippen LogP contribution in [0.5, 0.6) is 0 Å². The van der Waals surface area contributed by atoms with Crippen molar-refractivity contribution in [3.05, 3.63) is 71.5 Å². The van der Waals surface area contributed by atoms with Crippen LogP contribution >= 0.6 is 11.8 Å². The quantitative estimate of drug-likeness (QED) is 0.376. The molecule has 0 radical (unpaired) electrons. The first-order valence-corrected chi connectivity index (χ1v) is 9.07. The third-order valence-electron chi connectivity index (χ3n) is 3.83. The highest BCUT2D eigenvalue weighted by molar-refractivity contribution is 8.00. The zero-order valence-electron chi connectivity index (χ0n) is 14.1. The predicted molar refractivity (Wildman–Crippen MR) is 99.6 cm³/mol.